The van der Waals surface area contributed by atoms with Crippen LogP contribution >= 0.6 is 0 Å². The Morgan fingerprint density at radius 3 is 2.42 bits per heavy atom. The van der Waals surface area contributed by atoms with Crippen molar-refractivity contribution in [2.45, 2.75) is 70.9 Å². The van der Waals surface area contributed by atoms with Crippen LogP contribution in [0.5, 0.6) is 0 Å². The molecule has 1 aromatic rings. The third-order valence-corrected chi connectivity index (χ3v) is 7.32. The predicted molar refractivity (Wildman–Crippen MR) is 119 cm³/mol. The number of carbonyl (C=O) groups is 3. The van der Waals surface area contributed by atoms with E-state index in [1.165, 1.54) is 17.7 Å². The summed E-state index contributed by atoms with van der Waals surface area (Å²) < 4.78 is 0. The van der Waals surface area contributed by atoms with E-state index in [1.807, 2.05) is 42.2 Å². The van der Waals surface area contributed by atoms with E-state index in [0.29, 0.717) is 44.9 Å². The van der Waals surface area contributed by atoms with E-state index in [-0.39, 0.29) is 23.8 Å². The summed E-state index contributed by atoms with van der Waals surface area (Å²) in [4.78, 5) is 44.8. The van der Waals surface area contributed by atoms with Crippen molar-refractivity contribution >= 4 is 17.8 Å². The van der Waals surface area contributed by atoms with E-state index in [2.05, 4.69) is 6.92 Å². The molecule has 0 N–H and O–H groups in total. The first-order valence-electron chi connectivity index (χ1n) is 12.0. The summed E-state index contributed by atoms with van der Waals surface area (Å²) in [5.74, 6) is 0.911. The Bertz CT molecular complexity index is 817. The van der Waals surface area contributed by atoms with Gasteiger partial charge in [0.05, 0.1) is 0 Å². The van der Waals surface area contributed by atoms with Crippen LogP contribution in [-0.4, -0.2) is 57.7 Å². The molecule has 1 spiro atoms. The minimum absolute atomic E-state index is 0.0744. The summed E-state index contributed by atoms with van der Waals surface area (Å²) in [5.41, 5.74) is 0.209. The second-order valence-electron chi connectivity index (χ2n) is 9.41. The number of piperidine rings is 1. The molecule has 0 aromatic heterocycles. The Hall–Kier alpha value is -2.37. The summed E-state index contributed by atoms with van der Waals surface area (Å²) in [6.45, 7) is 6.17. The van der Waals surface area contributed by atoms with Crippen LogP contribution in [0.15, 0.2) is 30.3 Å². The molecule has 0 radical (unpaired) electrons. The van der Waals surface area contributed by atoms with E-state index in [9.17, 15) is 14.4 Å². The molecule has 2 atom stereocenters. The maximum absolute atomic E-state index is 13.4. The lowest BCUT2D eigenvalue weighted by Gasteiger charge is -2.42. The normalized spacial score (nSPS) is 24.9. The van der Waals surface area contributed by atoms with Crippen LogP contribution in [0.2, 0.25) is 0 Å². The number of rotatable bonds is 8. The van der Waals surface area contributed by atoms with Crippen molar-refractivity contribution in [3.05, 3.63) is 35.9 Å². The van der Waals surface area contributed by atoms with Gasteiger partial charge in [0, 0.05) is 32.1 Å². The lowest BCUT2D eigenvalue weighted by atomic mass is 9.85. The molecule has 3 fully saturated rings. The summed E-state index contributed by atoms with van der Waals surface area (Å²) in [5, 5.41) is 0. The molecule has 2 saturated heterocycles. The molecule has 2 aliphatic heterocycles. The van der Waals surface area contributed by atoms with E-state index in [1.54, 1.807) is 4.90 Å². The van der Waals surface area contributed by atoms with Crippen molar-refractivity contribution in [1.82, 2.24) is 14.7 Å². The average molecular weight is 426 g/mol. The average Bonchev–Trinajstić information content (AvgIpc) is 3.55. The molecule has 1 aliphatic carbocycles. The van der Waals surface area contributed by atoms with Crippen molar-refractivity contribution in [3.63, 3.8) is 0 Å². The van der Waals surface area contributed by atoms with Crippen molar-refractivity contribution in [2.75, 3.05) is 19.6 Å². The van der Waals surface area contributed by atoms with Crippen LogP contribution in [0, 0.1) is 11.8 Å². The number of hydrogen-bond acceptors (Lipinski definition) is 3. The molecular formula is C25H35N3O3. The fourth-order valence-corrected chi connectivity index (χ4v) is 5.34. The standard InChI is InChI=1S/C25H35N3O3/c1-3-5-11-20-17-21(20)22(29)26-15-12-25(13-16-26)23(30)27(14-4-2)24(31)28(25)18-19-9-7-6-8-10-19/h6-10,20-21H,3-5,11-18H2,1-2H3/t20-,21+/m1/s1. The molecule has 4 amide bonds. The molecule has 1 aromatic carbocycles. The molecule has 6 heteroatoms. The first-order chi connectivity index (χ1) is 15.0. The minimum atomic E-state index is -0.815. The number of unbranched alkanes of at least 4 members (excludes halogenated alkanes) is 1. The maximum Gasteiger partial charge on any atom is 0.327 e. The van der Waals surface area contributed by atoms with E-state index in [0.717, 1.165) is 24.8 Å². The number of imide groups is 1. The smallest absolute Gasteiger partial charge is 0.327 e. The van der Waals surface area contributed by atoms with Crippen LogP contribution in [0.25, 0.3) is 0 Å². The molecule has 3 aliphatic rings. The van der Waals surface area contributed by atoms with Gasteiger partial charge in [0.1, 0.15) is 5.54 Å². The molecule has 6 nitrogen and oxygen atoms in total. The first-order valence-corrected chi connectivity index (χ1v) is 12.0. The highest BCUT2D eigenvalue weighted by Gasteiger charge is 2.58. The molecule has 4 rings (SSSR count). The quantitative estimate of drug-likeness (QED) is 0.591. The number of nitrogens with zero attached hydrogens (tertiary/aromatic N) is 3. The molecular weight excluding hydrogens is 390 g/mol. The Morgan fingerprint density at radius 2 is 1.77 bits per heavy atom. The number of urea groups is 1. The van der Waals surface area contributed by atoms with Gasteiger partial charge in [-0.15, -0.1) is 0 Å². The largest absolute Gasteiger partial charge is 0.342 e. The van der Waals surface area contributed by atoms with Crippen molar-refractivity contribution in [2.24, 2.45) is 11.8 Å². The number of hydrogen-bond donors (Lipinski definition) is 0. The van der Waals surface area contributed by atoms with Crippen molar-refractivity contribution in [3.8, 4) is 0 Å². The van der Waals surface area contributed by atoms with Gasteiger partial charge < -0.3 is 9.80 Å². The van der Waals surface area contributed by atoms with Crippen molar-refractivity contribution in [1.29, 1.82) is 0 Å². The molecule has 1 saturated carbocycles. The highest BCUT2D eigenvalue weighted by Crippen LogP contribution is 2.45. The van der Waals surface area contributed by atoms with E-state index in [4.69, 9.17) is 0 Å². The maximum atomic E-state index is 13.4. The first kappa shape index (κ1) is 21.8. The van der Waals surface area contributed by atoms with Gasteiger partial charge in [-0.05, 0) is 43.6 Å². The third kappa shape index (κ3) is 4.09. The lowest BCUT2D eigenvalue weighted by molar-refractivity contribution is -0.142. The Balaban J connectivity index is 1.47. The van der Waals surface area contributed by atoms with Crippen LogP contribution in [0.1, 0.15) is 64.4 Å². The van der Waals surface area contributed by atoms with Gasteiger partial charge in [0.25, 0.3) is 5.91 Å². The molecule has 0 bridgehead atoms. The minimum Gasteiger partial charge on any atom is -0.342 e. The molecule has 2 heterocycles. The van der Waals surface area contributed by atoms with Crippen molar-refractivity contribution < 1.29 is 14.4 Å². The van der Waals surface area contributed by atoms with Gasteiger partial charge in [0.15, 0.2) is 0 Å². The van der Waals surface area contributed by atoms with Crippen LogP contribution in [-0.2, 0) is 16.1 Å². The SMILES string of the molecule is CCCC[C@@H]1C[C@@H]1C(=O)N1CCC2(CC1)C(=O)N(CCC)C(=O)N2Cc1ccccc1. The predicted octanol–water partition coefficient (Wildman–Crippen LogP) is 4.05. The number of likely N-dealkylation sites (tertiary alicyclic amines) is 1. The van der Waals surface area contributed by atoms with Crippen LogP contribution in [0.3, 0.4) is 0 Å². The zero-order valence-corrected chi connectivity index (χ0v) is 18.9. The Morgan fingerprint density at radius 1 is 1.06 bits per heavy atom. The van der Waals surface area contributed by atoms with E-state index < -0.39 is 5.54 Å². The highest BCUT2D eigenvalue weighted by molar-refractivity contribution is 6.07. The monoisotopic (exact) mass is 425 g/mol. The Kier molecular flexibility index (Phi) is 6.35. The zero-order chi connectivity index (χ0) is 22.0. The molecule has 31 heavy (non-hydrogen) atoms. The highest BCUT2D eigenvalue weighted by atomic mass is 16.2. The summed E-state index contributed by atoms with van der Waals surface area (Å²) >= 11 is 0. The van der Waals surface area contributed by atoms with E-state index >= 15 is 0 Å². The van der Waals surface area contributed by atoms with Gasteiger partial charge in [-0.25, -0.2) is 4.79 Å². The summed E-state index contributed by atoms with van der Waals surface area (Å²) in [7, 11) is 0. The van der Waals surface area contributed by atoms with Gasteiger partial charge in [0.2, 0.25) is 5.91 Å². The lowest BCUT2D eigenvalue weighted by Crippen LogP contribution is -2.57. The number of amides is 4. The second kappa shape index (κ2) is 9.01. The van der Waals surface area contributed by atoms with Gasteiger partial charge in [-0.2, -0.15) is 0 Å². The van der Waals surface area contributed by atoms with Crippen LogP contribution < -0.4 is 0 Å². The zero-order valence-electron chi connectivity index (χ0n) is 18.9. The fourth-order valence-electron chi connectivity index (χ4n) is 5.34. The third-order valence-electron chi connectivity index (χ3n) is 7.32. The fraction of sp³-hybridized carbons (Fsp3) is 0.640. The number of benzene rings is 1. The molecule has 168 valence electrons. The summed E-state index contributed by atoms with van der Waals surface area (Å²) in [6.07, 6.45) is 6.33. The topological polar surface area (TPSA) is 60.9 Å². The van der Waals surface area contributed by atoms with Crippen LogP contribution in [0.4, 0.5) is 4.79 Å². The second-order valence-corrected chi connectivity index (χ2v) is 9.41. The van der Waals surface area contributed by atoms with Gasteiger partial charge in [-0.3, -0.25) is 14.5 Å². The van der Waals surface area contributed by atoms with Gasteiger partial charge >= 0.3 is 6.03 Å². The Labute approximate surface area is 185 Å². The van der Waals surface area contributed by atoms with Gasteiger partial charge in [-0.1, -0.05) is 57.0 Å². The number of carbonyl (C=O) groups excluding carboxylic acids is 3. The summed E-state index contributed by atoms with van der Waals surface area (Å²) in [6, 6.07) is 9.68. The molecule has 0 unspecified atom stereocenters.